The first-order valence-electron chi connectivity index (χ1n) is 8.44. The zero-order chi connectivity index (χ0) is 19.8. The molecule has 0 aliphatic heterocycles. The Hall–Kier alpha value is -2.67. The second-order valence-corrected chi connectivity index (χ2v) is 7.26. The van der Waals surface area contributed by atoms with Crippen LogP contribution in [-0.4, -0.2) is 37.0 Å². The number of hydrogen-bond acceptors (Lipinski definition) is 5. The number of aryl methyl sites for hydroxylation is 1. The van der Waals surface area contributed by atoms with Gasteiger partial charge in [0, 0.05) is 17.4 Å². The van der Waals surface area contributed by atoms with Crippen molar-refractivity contribution in [3.05, 3.63) is 48.0 Å². The van der Waals surface area contributed by atoms with Gasteiger partial charge in [0.1, 0.15) is 0 Å². The molecular formula is C20H24N2O4S. The summed E-state index contributed by atoms with van der Waals surface area (Å²) in [6.07, 6.45) is 0. The molecule has 0 saturated carbocycles. The molecule has 0 radical (unpaired) electrons. The summed E-state index contributed by atoms with van der Waals surface area (Å²) in [7, 11) is 3.09. The molecule has 2 aromatic carbocycles. The van der Waals surface area contributed by atoms with Crippen molar-refractivity contribution in [2.75, 3.05) is 30.6 Å². The van der Waals surface area contributed by atoms with Gasteiger partial charge in [-0.15, -0.1) is 11.8 Å². The van der Waals surface area contributed by atoms with Gasteiger partial charge in [0.05, 0.1) is 25.2 Å². The number of benzene rings is 2. The van der Waals surface area contributed by atoms with Crippen LogP contribution in [0.5, 0.6) is 11.5 Å². The third-order valence-electron chi connectivity index (χ3n) is 3.82. The molecule has 0 fully saturated rings. The summed E-state index contributed by atoms with van der Waals surface area (Å²) in [6, 6.07) is 12.7. The fraction of sp³-hybridized carbons (Fsp3) is 0.300. The highest BCUT2D eigenvalue weighted by atomic mass is 32.2. The van der Waals surface area contributed by atoms with E-state index in [9.17, 15) is 9.59 Å². The number of amides is 2. The SMILES string of the molecule is COc1ccc(NC(=O)[C@@H](C)SCC(=O)Nc2ccc(C)cc2)cc1OC. The van der Waals surface area contributed by atoms with Crippen molar-refractivity contribution >= 4 is 35.0 Å². The largest absolute Gasteiger partial charge is 0.493 e. The first kappa shape index (κ1) is 20.6. The average molecular weight is 388 g/mol. The molecule has 144 valence electrons. The van der Waals surface area contributed by atoms with E-state index < -0.39 is 0 Å². The minimum Gasteiger partial charge on any atom is -0.493 e. The zero-order valence-corrected chi connectivity index (χ0v) is 16.7. The normalized spacial score (nSPS) is 11.4. The summed E-state index contributed by atoms with van der Waals surface area (Å²) in [5.41, 5.74) is 2.48. The van der Waals surface area contributed by atoms with Gasteiger partial charge in [-0.25, -0.2) is 0 Å². The van der Waals surface area contributed by atoms with Gasteiger partial charge in [-0.05, 0) is 38.1 Å². The first-order valence-corrected chi connectivity index (χ1v) is 9.49. The Morgan fingerprint density at radius 1 is 0.963 bits per heavy atom. The molecule has 1 atom stereocenters. The lowest BCUT2D eigenvalue weighted by Crippen LogP contribution is -2.25. The maximum atomic E-state index is 12.3. The first-order chi connectivity index (χ1) is 12.9. The summed E-state index contributed by atoms with van der Waals surface area (Å²) in [4.78, 5) is 24.4. The maximum Gasteiger partial charge on any atom is 0.237 e. The monoisotopic (exact) mass is 388 g/mol. The van der Waals surface area contributed by atoms with Gasteiger partial charge in [0.2, 0.25) is 11.8 Å². The average Bonchev–Trinajstić information content (AvgIpc) is 2.67. The Labute approximate surface area is 163 Å². The Morgan fingerprint density at radius 3 is 2.22 bits per heavy atom. The second kappa shape index (κ2) is 9.87. The number of hydrogen-bond donors (Lipinski definition) is 2. The van der Waals surface area contributed by atoms with Crippen LogP contribution in [0.4, 0.5) is 11.4 Å². The van der Waals surface area contributed by atoms with E-state index in [4.69, 9.17) is 9.47 Å². The molecule has 0 aliphatic rings. The van der Waals surface area contributed by atoms with Crippen LogP contribution in [0.2, 0.25) is 0 Å². The lowest BCUT2D eigenvalue weighted by Gasteiger charge is -2.14. The van der Waals surface area contributed by atoms with Gasteiger partial charge in [-0.1, -0.05) is 17.7 Å². The van der Waals surface area contributed by atoms with Gasteiger partial charge in [-0.3, -0.25) is 9.59 Å². The molecule has 0 heterocycles. The molecule has 0 aliphatic carbocycles. The van der Waals surface area contributed by atoms with E-state index in [2.05, 4.69) is 10.6 Å². The third kappa shape index (κ3) is 6.21. The second-order valence-electron chi connectivity index (χ2n) is 5.93. The van der Waals surface area contributed by atoms with Crippen LogP contribution in [0.3, 0.4) is 0 Å². The van der Waals surface area contributed by atoms with Crippen molar-refractivity contribution < 1.29 is 19.1 Å². The van der Waals surface area contributed by atoms with Crippen LogP contribution in [0.25, 0.3) is 0 Å². The number of nitrogens with one attached hydrogen (secondary N) is 2. The van der Waals surface area contributed by atoms with Crippen LogP contribution >= 0.6 is 11.8 Å². The Morgan fingerprint density at radius 2 is 1.59 bits per heavy atom. The van der Waals surface area contributed by atoms with Crippen LogP contribution in [0.1, 0.15) is 12.5 Å². The summed E-state index contributed by atoms with van der Waals surface area (Å²) < 4.78 is 10.4. The Balaban J connectivity index is 1.84. The molecule has 7 heteroatoms. The highest BCUT2D eigenvalue weighted by Gasteiger charge is 2.16. The molecule has 2 aromatic rings. The minimum atomic E-state index is -0.387. The molecule has 0 aromatic heterocycles. The number of anilines is 2. The van der Waals surface area contributed by atoms with Gasteiger partial charge in [0.15, 0.2) is 11.5 Å². The molecule has 0 saturated heterocycles. The highest BCUT2D eigenvalue weighted by Crippen LogP contribution is 2.30. The minimum absolute atomic E-state index is 0.144. The number of ether oxygens (including phenoxy) is 2. The van der Waals surface area contributed by atoms with Crippen molar-refractivity contribution in [2.24, 2.45) is 0 Å². The maximum absolute atomic E-state index is 12.3. The predicted octanol–water partition coefficient (Wildman–Crippen LogP) is 3.71. The van der Waals surface area contributed by atoms with Gasteiger partial charge in [-0.2, -0.15) is 0 Å². The Kier molecular flexibility index (Phi) is 7.55. The molecule has 2 N–H and O–H groups in total. The standard InChI is InChI=1S/C20H24N2O4S/c1-13-5-7-15(8-6-13)21-19(23)12-27-14(2)20(24)22-16-9-10-17(25-3)18(11-16)26-4/h5-11,14H,12H2,1-4H3,(H,21,23)(H,22,24)/t14-/m1/s1. The fourth-order valence-electron chi connectivity index (χ4n) is 2.27. The number of rotatable bonds is 8. The highest BCUT2D eigenvalue weighted by molar-refractivity contribution is 8.01. The zero-order valence-electron chi connectivity index (χ0n) is 15.9. The van der Waals surface area contributed by atoms with Crippen LogP contribution in [0.15, 0.2) is 42.5 Å². The topological polar surface area (TPSA) is 76.7 Å². The molecule has 6 nitrogen and oxygen atoms in total. The number of carbonyl (C=O) groups excluding carboxylic acids is 2. The van der Waals surface area contributed by atoms with E-state index >= 15 is 0 Å². The van der Waals surface area contributed by atoms with E-state index in [1.54, 1.807) is 32.2 Å². The van der Waals surface area contributed by atoms with Gasteiger partial charge in [0.25, 0.3) is 0 Å². The summed E-state index contributed by atoms with van der Waals surface area (Å²) in [5.74, 6) is 0.984. The molecule has 0 bridgehead atoms. The smallest absolute Gasteiger partial charge is 0.237 e. The number of carbonyl (C=O) groups is 2. The quantitative estimate of drug-likeness (QED) is 0.721. The van der Waals surface area contributed by atoms with E-state index in [1.165, 1.54) is 18.9 Å². The number of methoxy groups -OCH3 is 2. The fourth-order valence-corrected chi connectivity index (χ4v) is 2.95. The lowest BCUT2D eigenvalue weighted by molar-refractivity contribution is -0.115. The van der Waals surface area contributed by atoms with Crippen molar-refractivity contribution in [3.8, 4) is 11.5 Å². The van der Waals surface area contributed by atoms with E-state index in [0.717, 1.165) is 11.3 Å². The molecule has 0 spiro atoms. The van der Waals surface area contributed by atoms with Crippen LogP contribution in [-0.2, 0) is 9.59 Å². The van der Waals surface area contributed by atoms with E-state index in [1.807, 2.05) is 31.2 Å². The molecule has 0 unspecified atom stereocenters. The Bertz CT molecular complexity index is 793. The molecule has 2 amide bonds. The molecule has 2 rings (SSSR count). The third-order valence-corrected chi connectivity index (χ3v) is 4.96. The molecular weight excluding hydrogens is 364 g/mol. The van der Waals surface area contributed by atoms with E-state index in [-0.39, 0.29) is 22.8 Å². The van der Waals surface area contributed by atoms with Gasteiger partial charge >= 0.3 is 0 Å². The van der Waals surface area contributed by atoms with Crippen LogP contribution in [0, 0.1) is 6.92 Å². The van der Waals surface area contributed by atoms with Gasteiger partial charge < -0.3 is 20.1 Å². The van der Waals surface area contributed by atoms with Crippen molar-refractivity contribution in [1.82, 2.24) is 0 Å². The predicted molar refractivity (Wildman–Crippen MR) is 110 cm³/mol. The van der Waals surface area contributed by atoms with E-state index in [0.29, 0.717) is 17.2 Å². The lowest BCUT2D eigenvalue weighted by atomic mass is 10.2. The van der Waals surface area contributed by atoms with Crippen LogP contribution < -0.4 is 20.1 Å². The summed E-state index contributed by atoms with van der Waals surface area (Å²) >= 11 is 1.27. The summed E-state index contributed by atoms with van der Waals surface area (Å²) in [6.45, 7) is 3.75. The van der Waals surface area contributed by atoms with Crippen molar-refractivity contribution in [2.45, 2.75) is 19.1 Å². The number of thioether (sulfide) groups is 1. The van der Waals surface area contributed by atoms with Crippen molar-refractivity contribution in [1.29, 1.82) is 0 Å². The summed E-state index contributed by atoms with van der Waals surface area (Å²) in [5, 5.41) is 5.25. The van der Waals surface area contributed by atoms with Crippen molar-refractivity contribution in [3.63, 3.8) is 0 Å². The molecule has 27 heavy (non-hydrogen) atoms.